The summed E-state index contributed by atoms with van der Waals surface area (Å²) in [5.41, 5.74) is 0.233. The molecular weight excluding hydrogens is 261 g/mol. The minimum absolute atomic E-state index is 0.0615. The molecule has 1 N–H and O–H groups in total. The predicted octanol–water partition coefficient (Wildman–Crippen LogP) is 1.63. The van der Waals surface area contributed by atoms with Gasteiger partial charge in [-0.2, -0.15) is 4.39 Å². The number of hydrogen-bond acceptors (Lipinski definition) is 5. The van der Waals surface area contributed by atoms with Crippen LogP contribution in [0.3, 0.4) is 0 Å². The molecule has 6 nitrogen and oxygen atoms in total. The Labute approximate surface area is 103 Å². The Morgan fingerprint density at radius 1 is 1.33 bits per heavy atom. The lowest BCUT2D eigenvalue weighted by Gasteiger charge is -2.06. The first kappa shape index (κ1) is 12.5. The Morgan fingerprint density at radius 2 is 2.06 bits per heavy atom. The number of nitrogens with one attached hydrogen (secondary N) is 1. The third-order valence-electron chi connectivity index (χ3n) is 2.19. The maximum atomic E-state index is 12.9. The molecule has 0 saturated heterocycles. The smallest absolute Gasteiger partial charge is 0.268 e. The van der Waals surface area contributed by atoms with E-state index in [4.69, 9.17) is 4.52 Å². The van der Waals surface area contributed by atoms with Crippen LogP contribution < -0.4 is 4.72 Å². The van der Waals surface area contributed by atoms with E-state index in [1.807, 2.05) is 0 Å². The zero-order valence-electron chi connectivity index (χ0n) is 9.64. The van der Waals surface area contributed by atoms with Gasteiger partial charge in [0.2, 0.25) is 5.95 Å². The van der Waals surface area contributed by atoms with Crippen LogP contribution in [0, 0.1) is 19.8 Å². The Morgan fingerprint density at radius 3 is 2.61 bits per heavy atom. The lowest BCUT2D eigenvalue weighted by atomic mass is 10.4. The van der Waals surface area contributed by atoms with Crippen molar-refractivity contribution in [2.24, 2.45) is 0 Å². The van der Waals surface area contributed by atoms with Gasteiger partial charge in [0.15, 0.2) is 10.7 Å². The fourth-order valence-corrected chi connectivity index (χ4v) is 2.85. The molecule has 2 heterocycles. The second-order valence-electron chi connectivity index (χ2n) is 3.60. The molecular formula is C10H10FN3O3S. The minimum atomic E-state index is -3.88. The van der Waals surface area contributed by atoms with Crippen LogP contribution in [0.5, 0.6) is 0 Å². The van der Waals surface area contributed by atoms with Crippen molar-refractivity contribution >= 4 is 15.8 Å². The molecule has 0 fully saturated rings. The second kappa shape index (κ2) is 4.37. The number of anilines is 1. The van der Waals surface area contributed by atoms with Crippen molar-refractivity contribution in [3.05, 3.63) is 35.6 Å². The third kappa shape index (κ3) is 2.33. The molecule has 0 bridgehead atoms. The van der Waals surface area contributed by atoms with E-state index >= 15 is 0 Å². The molecule has 0 saturated carbocycles. The van der Waals surface area contributed by atoms with Crippen molar-refractivity contribution in [3.63, 3.8) is 0 Å². The average Bonchev–Trinajstić information content (AvgIpc) is 2.58. The number of pyridine rings is 1. The lowest BCUT2D eigenvalue weighted by molar-refractivity contribution is 0.390. The Kier molecular flexibility index (Phi) is 3.04. The van der Waals surface area contributed by atoms with E-state index in [1.165, 1.54) is 26.0 Å². The van der Waals surface area contributed by atoms with E-state index in [9.17, 15) is 12.8 Å². The standard InChI is InChI=1S/C10H10FN3O3S/c1-6-10(7(2)17-13-6)18(15,16)14-9-5-3-4-8(11)12-9/h3-5H,1-2H3,(H,12,14). The highest BCUT2D eigenvalue weighted by Crippen LogP contribution is 2.21. The highest BCUT2D eigenvalue weighted by molar-refractivity contribution is 7.92. The van der Waals surface area contributed by atoms with Gasteiger partial charge in [0.05, 0.1) is 0 Å². The summed E-state index contributed by atoms with van der Waals surface area (Å²) >= 11 is 0. The number of halogens is 1. The molecule has 0 spiro atoms. The summed E-state index contributed by atoms with van der Waals surface area (Å²) in [6, 6.07) is 3.82. The van der Waals surface area contributed by atoms with Crippen molar-refractivity contribution in [2.45, 2.75) is 18.7 Å². The van der Waals surface area contributed by atoms with Gasteiger partial charge in [-0.1, -0.05) is 11.2 Å². The van der Waals surface area contributed by atoms with Crippen molar-refractivity contribution in [2.75, 3.05) is 4.72 Å². The Bertz CT molecular complexity index is 662. The van der Waals surface area contributed by atoms with Gasteiger partial charge in [0.1, 0.15) is 11.5 Å². The van der Waals surface area contributed by atoms with Crippen LogP contribution >= 0.6 is 0 Å². The van der Waals surface area contributed by atoms with E-state index in [0.717, 1.165) is 6.07 Å². The average molecular weight is 271 g/mol. The molecule has 0 aliphatic carbocycles. The van der Waals surface area contributed by atoms with Crippen LogP contribution in [0.4, 0.5) is 10.2 Å². The summed E-state index contributed by atoms with van der Waals surface area (Å²) in [6.45, 7) is 2.98. The van der Waals surface area contributed by atoms with Gasteiger partial charge < -0.3 is 4.52 Å². The lowest BCUT2D eigenvalue weighted by Crippen LogP contribution is -2.15. The molecule has 0 aliphatic rings. The van der Waals surface area contributed by atoms with E-state index in [0.29, 0.717) is 0 Å². The van der Waals surface area contributed by atoms with E-state index in [-0.39, 0.29) is 22.2 Å². The quantitative estimate of drug-likeness (QED) is 0.857. The maximum Gasteiger partial charge on any atom is 0.268 e. The number of hydrogen-bond donors (Lipinski definition) is 1. The molecule has 0 atom stereocenters. The SMILES string of the molecule is Cc1noc(C)c1S(=O)(=O)Nc1cccc(F)n1. The highest BCUT2D eigenvalue weighted by Gasteiger charge is 2.24. The van der Waals surface area contributed by atoms with Gasteiger partial charge in [0, 0.05) is 0 Å². The number of aryl methyl sites for hydroxylation is 2. The molecule has 0 radical (unpaired) electrons. The normalized spacial score (nSPS) is 11.5. The van der Waals surface area contributed by atoms with Gasteiger partial charge in [-0.25, -0.2) is 13.4 Å². The van der Waals surface area contributed by atoms with E-state index < -0.39 is 16.0 Å². The van der Waals surface area contributed by atoms with Crippen molar-refractivity contribution in [1.29, 1.82) is 0 Å². The first-order chi connectivity index (χ1) is 8.40. The summed E-state index contributed by atoms with van der Waals surface area (Å²) in [4.78, 5) is 3.36. The summed E-state index contributed by atoms with van der Waals surface area (Å²) in [6.07, 6.45) is 0. The monoisotopic (exact) mass is 271 g/mol. The minimum Gasteiger partial charge on any atom is -0.360 e. The van der Waals surface area contributed by atoms with Gasteiger partial charge in [-0.15, -0.1) is 0 Å². The topological polar surface area (TPSA) is 85.1 Å². The molecule has 96 valence electrons. The zero-order valence-corrected chi connectivity index (χ0v) is 10.5. The molecule has 2 aromatic heterocycles. The van der Waals surface area contributed by atoms with Crippen molar-refractivity contribution in [1.82, 2.24) is 10.1 Å². The summed E-state index contributed by atoms with van der Waals surface area (Å²) in [7, 11) is -3.88. The van der Waals surface area contributed by atoms with Crippen molar-refractivity contribution in [3.8, 4) is 0 Å². The Balaban J connectivity index is 2.39. The van der Waals surface area contributed by atoms with Crippen LogP contribution in [0.2, 0.25) is 0 Å². The second-order valence-corrected chi connectivity index (χ2v) is 5.22. The van der Waals surface area contributed by atoms with E-state index in [2.05, 4.69) is 14.9 Å². The van der Waals surface area contributed by atoms with Gasteiger partial charge in [-0.05, 0) is 26.0 Å². The number of sulfonamides is 1. The summed E-state index contributed by atoms with van der Waals surface area (Å²) in [5, 5.41) is 3.55. The molecule has 0 aromatic carbocycles. The number of nitrogens with zero attached hydrogens (tertiary/aromatic N) is 2. The summed E-state index contributed by atoms with van der Waals surface area (Å²) in [5.74, 6) is -0.708. The molecule has 8 heteroatoms. The molecule has 0 unspecified atom stereocenters. The molecule has 2 aromatic rings. The van der Waals surface area contributed by atoms with Gasteiger partial charge >= 0.3 is 0 Å². The van der Waals surface area contributed by atoms with Crippen LogP contribution in [-0.4, -0.2) is 18.6 Å². The summed E-state index contributed by atoms with van der Waals surface area (Å²) < 4.78 is 43.9. The van der Waals surface area contributed by atoms with E-state index in [1.54, 1.807) is 0 Å². The van der Waals surface area contributed by atoms with Crippen LogP contribution in [0.15, 0.2) is 27.6 Å². The highest BCUT2D eigenvalue weighted by atomic mass is 32.2. The zero-order chi connectivity index (χ0) is 13.3. The van der Waals surface area contributed by atoms with Gasteiger partial charge in [0.25, 0.3) is 10.0 Å². The van der Waals surface area contributed by atoms with Crippen LogP contribution in [0.25, 0.3) is 0 Å². The maximum absolute atomic E-state index is 12.9. The fourth-order valence-electron chi connectivity index (χ4n) is 1.51. The van der Waals surface area contributed by atoms with Gasteiger partial charge in [-0.3, -0.25) is 4.72 Å². The van der Waals surface area contributed by atoms with Crippen LogP contribution in [0.1, 0.15) is 11.5 Å². The largest absolute Gasteiger partial charge is 0.360 e. The Hall–Kier alpha value is -1.96. The van der Waals surface area contributed by atoms with Crippen LogP contribution in [-0.2, 0) is 10.0 Å². The molecule has 0 amide bonds. The first-order valence-corrected chi connectivity index (χ1v) is 6.47. The number of aromatic nitrogens is 2. The first-order valence-electron chi connectivity index (χ1n) is 4.98. The fraction of sp³-hybridized carbons (Fsp3) is 0.200. The molecule has 18 heavy (non-hydrogen) atoms. The van der Waals surface area contributed by atoms with Crippen molar-refractivity contribution < 1.29 is 17.3 Å². The number of rotatable bonds is 3. The third-order valence-corrected chi connectivity index (χ3v) is 3.79. The molecule has 0 aliphatic heterocycles. The molecule has 2 rings (SSSR count). The predicted molar refractivity (Wildman–Crippen MR) is 61.0 cm³/mol.